The number of aromatic amines is 1. The van der Waals surface area contributed by atoms with Gasteiger partial charge in [0.15, 0.2) is 0 Å². The first kappa shape index (κ1) is 12.7. The van der Waals surface area contributed by atoms with Gasteiger partial charge < -0.3 is 15.6 Å². The number of halogens is 2. The van der Waals surface area contributed by atoms with Gasteiger partial charge in [-0.2, -0.15) is 0 Å². The predicted octanol–water partition coefficient (Wildman–Crippen LogP) is 3.04. The molecule has 0 aliphatic carbocycles. The Bertz CT molecular complexity index is 542. The Hall–Kier alpha value is -1.72. The van der Waals surface area contributed by atoms with Gasteiger partial charge in [0.05, 0.1) is 16.6 Å². The summed E-state index contributed by atoms with van der Waals surface area (Å²) in [4.78, 5) is 18.4. The number of aromatic nitrogens is 2. The first-order valence-electron chi connectivity index (χ1n) is 5.13. The highest BCUT2D eigenvalue weighted by Gasteiger charge is 2.04. The maximum Gasteiger partial charge on any atom is 0.319 e. The zero-order valence-corrected chi connectivity index (χ0v) is 10.7. The summed E-state index contributed by atoms with van der Waals surface area (Å²) in [5.74, 6) is 0.680. The highest BCUT2D eigenvalue weighted by atomic mass is 35.5. The summed E-state index contributed by atoms with van der Waals surface area (Å²) in [5, 5.41) is 6.12. The maximum atomic E-state index is 11.6. The van der Waals surface area contributed by atoms with Crippen molar-refractivity contribution in [3.63, 3.8) is 0 Å². The van der Waals surface area contributed by atoms with Crippen molar-refractivity contribution in [3.05, 3.63) is 46.5 Å². The molecule has 0 bridgehead atoms. The average Bonchev–Trinajstić information content (AvgIpc) is 2.84. The Balaban J connectivity index is 1.88. The van der Waals surface area contributed by atoms with Crippen molar-refractivity contribution >= 4 is 34.9 Å². The maximum absolute atomic E-state index is 11.6. The van der Waals surface area contributed by atoms with Crippen LogP contribution in [0.5, 0.6) is 0 Å². The van der Waals surface area contributed by atoms with Crippen molar-refractivity contribution in [2.45, 2.75) is 6.54 Å². The van der Waals surface area contributed by atoms with Gasteiger partial charge in [-0.3, -0.25) is 0 Å². The number of amides is 2. The van der Waals surface area contributed by atoms with Crippen LogP contribution in [-0.4, -0.2) is 16.0 Å². The molecule has 0 saturated carbocycles. The molecular formula is C11H10Cl2N4O. The van der Waals surface area contributed by atoms with Gasteiger partial charge in [-0.25, -0.2) is 9.78 Å². The van der Waals surface area contributed by atoms with Gasteiger partial charge in [-0.1, -0.05) is 23.2 Å². The molecule has 1 aromatic carbocycles. The number of H-pyrrole nitrogens is 1. The molecule has 0 spiro atoms. The molecule has 2 aromatic rings. The van der Waals surface area contributed by atoms with Gasteiger partial charge in [-0.05, 0) is 18.2 Å². The van der Waals surface area contributed by atoms with Crippen molar-refractivity contribution in [3.8, 4) is 0 Å². The Morgan fingerprint density at radius 1 is 1.33 bits per heavy atom. The lowest BCUT2D eigenvalue weighted by molar-refractivity contribution is 0.251. The molecule has 1 heterocycles. The predicted molar refractivity (Wildman–Crippen MR) is 70.9 cm³/mol. The van der Waals surface area contributed by atoms with E-state index in [9.17, 15) is 4.79 Å². The molecule has 0 aliphatic rings. The van der Waals surface area contributed by atoms with E-state index in [-0.39, 0.29) is 6.03 Å². The minimum Gasteiger partial charge on any atom is -0.347 e. The quantitative estimate of drug-likeness (QED) is 0.811. The molecule has 0 unspecified atom stereocenters. The largest absolute Gasteiger partial charge is 0.347 e. The third-order valence-corrected chi connectivity index (χ3v) is 2.89. The smallest absolute Gasteiger partial charge is 0.319 e. The van der Waals surface area contributed by atoms with E-state index in [1.807, 2.05) is 0 Å². The third-order valence-electron chi connectivity index (χ3n) is 2.15. The molecule has 2 amide bonds. The van der Waals surface area contributed by atoms with E-state index in [1.165, 1.54) is 0 Å². The van der Waals surface area contributed by atoms with Gasteiger partial charge in [0.2, 0.25) is 0 Å². The number of anilines is 1. The third kappa shape index (κ3) is 3.38. The molecule has 1 aromatic heterocycles. The number of rotatable bonds is 3. The molecule has 5 nitrogen and oxygen atoms in total. The van der Waals surface area contributed by atoms with E-state index < -0.39 is 0 Å². The van der Waals surface area contributed by atoms with Crippen molar-refractivity contribution in [1.82, 2.24) is 15.3 Å². The fourth-order valence-corrected chi connectivity index (χ4v) is 1.61. The van der Waals surface area contributed by atoms with Crippen LogP contribution in [0.1, 0.15) is 5.82 Å². The number of imidazole rings is 1. The average molecular weight is 285 g/mol. The van der Waals surface area contributed by atoms with E-state index in [1.54, 1.807) is 30.6 Å². The molecule has 18 heavy (non-hydrogen) atoms. The lowest BCUT2D eigenvalue weighted by atomic mass is 10.3. The van der Waals surface area contributed by atoms with Gasteiger partial charge in [-0.15, -0.1) is 0 Å². The Kier molecular flexibility index (Phi) is 4.07. The number of carbonyl (C=O) groups is 1. The van der Waals surface area contributed by atoms with Crippen molar-refractivity contribution in [1.29, 1.82) is 0 Å². The highest BCUT2D eigenvalue weighted by molar-refractivity contribution is 6.42. The fourth-order valence-electron chi connectivity index (χ4n) is 1.31. The van der Waals surface area contributed by atoms with Crippen LogP contribution in [0.25, 0.3) is 0 Å². The minimum atomic E-state index is -0.343. The molecule has 7 heteroatoms. The van der Waals surface area contributed by atoms with Gasteiger partial charge in [0, 0.05) is 18.1 Å². The van der Waals surface area contributed by atoms with Crippen LogP contribution in [0.4, 0.5) is 10.5 Å². The van der Waals surface area contributed by atoms with Crippen molar-refractivity contribution in [2.24, 2.45) is 0 Å². The van der Waals surface area contributed by atoms with E-state index in [4.69, 9.17) is 23.2 Å². The number of nitrogens with zero attached hydrogens (tertiary/aromatic N) is 1. The van der Waals surface area contributed by atoms with Crippen LogP contribution >= 0.6 is 23.2 Å². The molecule has 0 saturated heterocycles. The molecule has 94 valence electrons. The normalized spacial score (nSPS) is 10.1. The number of nitrogens with one attached hydrogen (secondary N) is 3. The van der Waals surface area contributed by atoms with Crippen molar-refractivity contribution in [2.75, 3.05) is 5.32 Å². The van der Waals surface area contributed by atoms with Crippen LogP contribution < -0.4 is 10.6 Å². The Morgan fingerprint density at radius 2 is 2.17 bits per heavy atom. The van der Waals surface area contributed by atoms with E-state index in [2.05, 4.69) is 20.6 Å². The van der Waals surface area contributed by atoms with Gasteiger partial charge in [0.1, 0.15) is 5.82 Å². The molecule has 0 atom stereocenters. The topological polar surface area (TPSA) is 69.8 Å². The molecule has 0 radical (unpaired) electrons. The first-order chi connectivity index (χ1) is 8.65. The standard InChI is InChI=1S/C11H10Cl2N4O/c12-8-2-1-7(5-9(8)13)17-11(18)16-6-10-14-3-4-15-10/h1-5H,6H2,(H,14,15)(H2,16,17,18). The zero-order chi connectivity index (χ0) is 13.0. The summed E-state index contributed by atoms with van der Waals surface area (Å²) in [6.45, 7) is 0.320. The fraction of sp³-hybridized carbons (Fsp3) is 0.0909. The summed E-state index contributed by atoms with van der Waals surface area (Å²) >= 11 is 11.6. The lowest BCUT2D eigenvalue weighted by Crippen LogP contribution is -2.28. The summed E-state index contributed by atoms with van der Waals surface area (Å²) in [6.07, 6.45) is 3.31. The summed E-state index contributed by atoms with van der Waals surface area (Å²) in [6, 6.07) is 4.52. The molecule has 3 N–H and O–H groups in total. The second kappa shape index (κ2) is 5.75. The Labute approximate surface area is 114 Å². The molecule has 2 rings (SSSR count). The summed E-state index contributed by atoms with van der Waals surface area (Å²) in [5.41, 5.74) is 0.571. The Morgan fingerprint density at radius 3 is 2.83 bits per heavy atom. The van der Waals surface area contributed by atoms with Gasteiger partial charge in [0.25, 0.3) is 0 Å². The second-order valence-electron chi connectivity index (χ2n) is 3.47. The number of urea groups is 1. The van der Waals surface area contributed by atoms with E-state index in [0.29, 0.717) is 28.1 Å². The van der Waals surface area contributed by atoms with E-state index in [0.717, 1.165) is 0 Å². The van der Waals surface area contributed by atoms with Gasteiger partial charge >= 0.3 is 6.03 Å². The van der Waals surface area contributed by atoms with Crippen LogP contribution in [0.3, 0.4) is 0 Å². The number of hydrogen-bond acceptors (Lipinski definition) is 2. The highest BCUT2D eigenvalue weighted by Crippen LogP contribution is 2.24. The molecule has 0 fully saturated rings. The van der Waals surface area contributed by atoms with E-state index >= 15 is 0 Å². The molecular weight excluding hydrogens is 275 g/mol. The minimum absolute atomic E-state index is 0.320. The summed E-state index contributed by atoms with van der Waals surface area (Å²) < 4.78 is 0. The van der Waals surface area contributed by atoms with Crippen LogP contribution in [0.2, 0.25) is 10.0 Å². The SMILES string of the molecule is O=C(NCc1ncc[nH]1)Nc1ccc(Cl)c(Cl)c1. The van der Waals surface area contributed by atoms with Crippen LogP contribution in [-0.2, 0) is 6.54 Å². The first-order valence-corrected chi connectivity index (χ1v) is 5.89. The monoisotopic (exact) mass is 284 g/mol. The number of benzene rings is 1. The number of carbonyl (C=O) groups excluding carboxylic acids is 1. The molecule has 0 aliphatic heterocycles. The van der Waals surface area contributed by atoms with Crippen LogP contribution in [0, 0.1) is 0 Å². The number of hydrogen-bond donors (Lipinski definition) is 3. The van der Waals surface area contributed by atoms with Crippen molar-refractivity contribution < 1.29 is 4.79 Å². The lowest BCUT2D eigenvalue weighted by Gasteiger charge is -2.07. The second-order valence-corrected chi connectivity index (χ2v) is 4.29. The van der Waals surface area contributed by atoms with Crippen LogP contribution in [0.15, 0.2) is 30.6 Å². The summed E-state index contributed by atoms with van der Waals surface area (Å²) in [7, 11) is 0. The zero-order valence-electron chi connectivity index (χ0n) is 9.21.